The number of rotatable bonds is 5. The predicted molar refractivity (Wildman–Crippen MR) is 115 cm³/mol. The van der Waals surface area contributed by atoms with Gasteiger partial charge in [0.25, 0.3) is 6.01 Å². The van der Waals surface area contributed by atoms with Crippen LogP contribution in [0.4, 0.5) is 5.95 Å². The molecule has 4 rings (SSSR count). The van der Waals surface area contributed by atoms with Gasteiger partial charge in [0.15, 0.2) is 0 Å². The molecule has 2 N–H and O–H groups in total. The molecule has 0 spiro atoms. The van der Waals surface area contributed by atoms with Crippen molar-refractivity contribution < 1.29 is 14.6 Å². The molecular formula is C21H18ClN5O3. The predicted octanol–water partition coefficient (Wildman–Crippen LogP) is 4.54. The number of halogens is 1. The SMILES string of the molecule is Cc1ccc(Oc2nc3cc(-c4cnc(N(C)C)nc4)c(Cl)cc3[nH]2)cc1C(=O)O. The molecule has 0 atom stereocenters. The highest BCUT2D eigenvalue weighted by Gasteiger charge is 2.13. The minimum absolute atomic E-state index is 0.176. The van der Waals surface area contributed by atoms with Gasteiger partial charge in [-0.25, -0.2) is 14.8 Å². The second-order valence-electron chi connectivity index (χ2n) is 6.94. The lowest BCUT2D eigenvalue weighted by molar-refractivity contribution is 0.0695. The van der Waals surface area contributed by atoms with Crippen LogP contribution in [0.1, 0.15) is 15.9 Å². The van der Waals surface area contributed by atoms with Crippen LogP contribution >= 0.6 is 11.6 Å². The van der Waals surface area contributed by atoms with E-state index in [9.17, 15) is 9.90 Å². The molecule has 0 aliphatic rings. The number of aromatic amines is 1. The molecule has 0 radical (unpaired) electrons. The molecule has 4 aromatic rings. The number of carboxylic acid groups (broad SMARTS) is 1. The first kappa shape index (κ1) is 19.7. The first-order valence-corrected chi connectivity index (χ1v) is 9.40. The van der Waals surface area contributed by atoms with Crippen LogP contribution in [0.2, 0.25) is 5.02 Å². The van der Waals surface area contributed by atoms with Crippen LogP contribution in [0.5, 0.6) is 11.8 Å². The lowest BCUT2D eigenvalue weighted by Crippen LogP contribution is -2.12. The molecule has 0 aliphatic carbocycles. The number of ether oxygens (including phenoxy) is 1. The molecular weight excluding hydrogens is 406 g/mol. The summed E-state index contributed by atoms with van der Waals surface area (Å²) < 4.78 is 5.73. The highest BCUT2D eigenvalue weighted by Crippen LogP contribution is 2.33. The standard InChI is InChI=1S/C21H18ClN5O3/c1-11-4-5-13(6-14(11)19(28)29)30-21-25-17-7-15(16(22)8-18(17)26-21)12-9-23-20(24-10-12)27(2)3/h4-10H,1-3H3,(H,25,26)(H,28,29). The number of aromatic carboxylic acids is 1. The van der Waals surface area contributed by atoms with E-state index in [0.717, 1.165) is 11.1 Å². The van der Waals surface area contributed by atoms with Gasteiger partial charge in [0, 0.05) is 37.6 Å². The van der Waals surface area contributed by atoms with E-state index in [1.54, 1.807) is 37.5 Å². The Morgan fingerprint density at radius 3 is 2.57 bits per heavy atom. The van der Waals surface area contributed by atoms with Gasteiger partial charge in [0.05, 0.1) is 21.6 Å². The lowest BCUT2D eigenvalue weighted by atomic mass is 10.1. The van der Waals surface area contributed by atoms with Crippen LogP contribution in [0.3, 0.4) is 0 Å². The zero-order valence-corrected chi connectivity index (χ0v) is 17.2. The lowest BCUT2D eigenvalue weighted by Gasteiger charge is -2.10. The number of aromatic nitrogens is 4. The summed E-state index contributed by atoms with van der Waals surface area (Å²) in [7, 11) is 3.74. The summed E-state index contributed by atoms with van der Waals surface area (Å²) in [5.74, 6) is -0.0391. The van der Waals surface area contributed by atoms with Gasteiger partial charge in [0.2, 0.25) is 5.95 Å². The Morgan fingerprint density at radius 1 is 1.17 bits per heavy atom. The van der Waals surface area contributed by atoms with Crippen LogP contribution in [0.25, 0.3) is 22.2 Å². The third kappa shape index (κ3) is 3.77. The Kier molecular flexibility index (Phi) is 5.01. The Labute approximate surface area is 177 Å². The van der Waals surface area contributed by atoms with E-state index in [1.165, 1.54) is 6.07 Å². The maximum atomic E-state index is 11.3. The number of hydrogen-bond acceptors (Lipinski definition) is 6. The smallest absolute Gasteiger partial charge is 0.336 e. The van der Waals surface area contributed by atoms with E-state index in [4.69, 9.17) is 16.3 Å². The average Bonchev–Trinajstić information content (AvgIpc) is 3.09. The second-order valence-corrected chi connectivity index (χ2v) is 7.35. The fraction of sp³-hybridized carbons (Fsp3) is 0.143. The van der Waals surface area contributed by atoms with Crippen molar-refractivity contribution in [2.24, 2.45) is 0 Å². The maximum absolute atomic E-state index is 11.3. The fourth-order valence-corrected chi connectivity index (χ4v) is 3.25. The molecule has 0 aliphatic heterocycles. The van der Waals surface area contributed by atoms with E-state index >= 15 is 0 Å². The third-order valence-corrected chi connectivity index (χ3v) is 4.86. The normalized spacial score (nSPS) is 10.9. The number of aryl methyl sites for hydroxylation is 1. The van der Waals surface area contributed by atoms with Gasteiger partial charge >= 0.3 is 5.97 Å². The Bertz CT molecular complexity index is 1250. The molecule has 8 nitrogen and oxygen atoms in total. The summed E-state index contributed by atoms with van der Waals surface area (Å²) >= 11 is 6.46. The zero-order valence-electron chi connectivity index (χ0n) is 16.5. The Morgan fingerprint density at radius 2 is 1.90 bits per heavy atom. The van der Waals surface area contributed by atoms with Crippen molar-refractivity contribution in [3.63, 3.8) is 0 Å². The number of nitrogens with one attached hydrogen (secondary N) is 1. The van der Waals surface area contributed by atoms with Crippen LogP contribution in [-0.2, 0) is 0 Å². The number of hydrogen-bond donors (Lipinski definition) is 2. The first-order valence-electron chi connectivity index (χ1n) is 9.02. The largest absolute Gasteiger partial charge is 0.478 e. The molecule has 0 amide bonds. The topological polar surface area (TPSA) is 104 Å². The van der Waals surface area contributed by atoms with Crippen LogP contribution in [0.15, 0.2) is 42.7 Å². The molecule has 2 aromatic heterocycles. The third-order valence-electron chi connectivity index (χ3n) is 4.55. The minimum atomic E-state index is -1.01. The van der Waals surface area contributed by atoms with Crippen molar-refractivity contribution in [3.8, 4) is 22.9 Å². The number of carbonyl (C=O) groups is 1. The average molecular weight is 424 g/mol. The number of fused-ring (bicyclic) bond motifs is 1. The first-order chi connectivity index (χ1) is 14.3. The number of carboxylic acids is 1. The van der Waals surface area contributed by atoms with E-state index in [2.05, 4.69) is 19.9 Å². The molecule has 2 aromatic carbocycles. The van der Waals surface area contributed by atoms with Crippen molar-refractivity contribution in [3.05, 3.63) is 58.9 Å². The summed E-state index contributed by atoms with van der Waals surface area (Å²) in [6.45, 7) is 1.73. The maximum Gasteiger partial charge on any atom is 0.336 e. The number of H-pyrrole nitrogens is 1. The van der Waals surface area contributed by atoms with E-state index in [-0.39, 0.29) is 11.6 Å². The van der Waals surface area contributed by atoms with Gasteiger partial charge in [0.1, 0.15) is 5.75 Å². The molecule has 30 heavy (non-hydrogen) atoms. The number of nitrogens with zero attached hydrogens (tertiary/aromatic N) is 4. The molecule has 0 saturated carbocycles. The summed E-state index contributed by atoms with van der Waals surface area (Å²) in [6, 6.07) is 8.66. The molecule has 0 saturated heterocycles. The summed E-state index contributed by atoms with van der Waals surface area (Å²) in [6.07, 6.45) is 3.42. The van der Waals surface area contributed by atoms with Gasteiger partial charge in [-0.05, 0) is 36.8 Å². The van der Waals surface area contributed by atoms with Crippen molar-refractivity contribution in [2.45, 2.75) is 6.92 Å². The summed E-state index contributed by atoms with van der Waals surface area (Å²) in [5, 5.41) is 9.80. The second kappa shape index (κ2) is 7.64. The fourth-order valence-electron chi connectivity index (χ4n) is 2.97. The van der Waals surface area contributed by atoms with E-state index < -0.39 is 5.97 Å². The Balaban J connectivity index is 1.67. The Hall–Kier alpha value is -3.65. The van der Waals surface area contributed by atoms with Crippen molar-refractivity contribution in [2.75, 3.05) is 19.0 Å². The molecule has 152 valence electrons. The van der Waals surface area contributed by atoms with Crippen LogP contribution in [-0.4, -0.2) is 45.1 Å². The molecule has 0 fully saturated rings. The number of benzene rings is 2. The zero-order chi connectivity index (χ0) is 21.4. The molecule has 9 heteroatoms. The monoisotopic (exact) mass is 423 g/mol. The quantitative estimate of drug-likeness (QED) is 0.485. The van der Waals surface area contributed by atoms with Gasteiger partial charge in [-0.1, -0.05) is 17.7 Å². The van der Waals surface area contributed by atoms with Crippen molar-refractivity contribution in [1.29, 1.82) is 0 Å². The van der Waals surface area contributed by atoms with Crippen LogP contribution in [0, 0.1) is 6.92 Å². The van der Waals surface area contributed by atoms with Crippen molar-refractivity contribution in [1.82, 2.24) is 19.9 Å². The highest BCUT2D eigenvalue weighted by atomic mass is 35.5. The minimum Gasteiger partial charge on any atom is -0.478 e. The highest BCUT2D eigenvalue weighted by molar-refractivity contribution is 6.34. The molecule has 2 heterocycles. The van der Waals surface area contributed by atoms with E-state index in [0.29, 0.717) is 33.3 Å². The van der Waals surface area contributed by atoms with Crippen LogP contribution < -0.4 is 9.64 Å². The number of anilines is 1. The van der Waals surface area contributed by atoms with Crippen molar-refractivity contribution >= 4 is 34.6 Å². The van der Waals surface area contributed by atoms with E-state index in [1.807, 2.05) is 25.1 Å². The van der Waals surface area contributed by atoms with Gasteiger partial charge < -0.3 is 19.7 Å². The molecule has 0 bridgehead atoms. The molecule has 0 unspecified atom stereocenters. The van der Waals surface area contributed by atoms with Gasteiger partial charge in [-0.15, -0.1) is 0 Å². The number of imidazole rings is 1. The summed E-state index contributed by atoms with van der Waals surface area (Å²) in [4.78, 5) is 29.3. The van der Waals surface area contributed by atoms with Gasteiger partial charge in [-0.3, -0.25) is 0 Å². The van der Waals surface area contributed by atoms with Gasteiger partial charge in [-0.2, -0.15) is 4.98 Å². The summed E-state index contributed by atoms with van der Waals surface area (Å²) in [5.41, 5.74) is 3.67.